The maximum atomic E-state index is 13.0. The van der Waals surface area contributed by atoms with E-state index >= 15 is 0 Å². The highest BCUT2D eigenvalue weighted by Gasteiger charge is 2.33. The van der Waals surface area contributed by atoms with E-state index in [1.165, 1.54) is 6.07 Å². The summed E-state index contributed by atoms with van der Waals surface area (Å²) in [6.45, 7) is 2.01. The molecule has 1 heterocycles. The zero-order valence-electron chi connectivity index (χ0n) is 12.8. The van der Waals surface area contributed by atoms with E-state index in [0.717, 1.165) is 12.1 Å². The second-order valence-electron chi connectivity index (χ2n) is 5.33. The Balaban J connectivity index is 2.54. The van der Waals surface area contributed by atoms with Crippen molar-refractivity contribution in [1.29, 1.82) is 0 Å². The summed E-state index contributed by atoms with van der Waals surface area (Å²) in [6.07, 6.45) is 0.895. The van der Waals surface area contributed by atoms with Crippen LogP contribution in [0.15, 0.2) is 18.2 Å². The molecule has 0 aliphatic carbocycles. The lowest BCUT2D eigenvalue weighted by Gasteiger charge is -2.05. The fourth-order valence-electron chi connectivity index (χ4n) is 2.62. The van der Waals surface area contributed by atoms with Gasteiger partial charge in [0.2, 0.25) is 0 Å². The average molecular weight is 361 g/mol. The number of terminal acetylenes is 1. The molecule has 0 fully saturated rings. The van der Waals surface area contributed by atoms with Gasteiger partial charge in [-0.2, -0.15) is 21.6 Å². The quantitative estimate of drug-likeness (QED) is 0.504. The van der Waals surface area contributed by atoms with Crippen LogP contribution in [-0.2, 0) is 29.4 Å². The van der Waals surface area contributed by atoms with Crippen LogP contribution >= 0.6 is 0 Å². The standard InChI is InChI=1S/C15H15F3N2O3S/c1-3-7-19-11(2)20(8-4-9-24(21,22)23)14-10-12(15(16,17)18)5-6-13(14)19/h1,5-6,10H,4,7-9H2,2H3/p+1. The number of hydrogen-bond acceptors (Lipinski definition) is 2. The monoisotopic (exact) mass is 361 g/mol. The van der Waals surface area contributed by atoms with E-state index in [2.05, 4.69) is 5.92 Å². The minimum Gasteiger partial charge on any atom is -0.286 e. The van der Waals surface area contributed by atoms with Crippen LogP contribution < -0.4 is 4.57 Å². The van der Waals surface area contributed by atoms with Crippen molar-refractivity contribution in [2.24, 2.45) is 0 Å². The van der Waals surface area contributed by atoms with E-state index in [9.17, 15) is 21.6 Å². The molecule has 2 rings (SSSR count). The summed E-state index contributed by atoms with van der Waals surface area (Å²) in [6, 6.07) is 3.35. The van der Waals surface area contributed by atoms with Crippen LogP contribution in [-0.4, -0.2) is 23.3 Å². The van der Waals surface area contributed by atoms with Gasteiger partial charge in [0.05, 0.1) is 17.9 Å². The first-order valence-corrected chi connectivity index (χ1v) is 8.64. The molecule has 2 aromatic rings. The van der Waals surface area contributed by atoms with Crippen molar-refractivity contribution in [2.45, 2.75) is 32.6 Å². The molecule has 1 aromatic heterocycles. The number of fused-ring (bicyclic) bond motifs is 1. The summed E-state index contributed by atoms with van der Waals surface area (Å²) in [4.78, 5) is 0. The molecule has 0 bridgehead atoms. The summed E-state index contributed by atoms with van der Waals surface area (Å²) in [5, 5.41) is 0. The third-order valence-electron chi connectivity index (χ3n) is 3.70. The van der Waals surface area contributed by atoms with E-state index in [1.807, 2.05) is 0 Å². The van der Waals surface area contributed by atoms with Gasteiger partial charge in [-0.1, -0.05) is 5.92 Å². The summed E-state index contributed by atoms with van der Waals surface area (Å²) in [5.74, 6) is 2.58. The maximum absolute atomic E-state index is 13.0. The predicted molar refractivity (Wildman–Crippen MR) is 81.7 cm³/mol. The largest absolute Gasteiger partial charge is 0.416 e. The Morgan fingerprint density at radius 2 is 2.04 bits per heavy atom. The number of aromatic nitrogens is 2. The fourth-order valence-corrected chi connectivity index (χ4v) is 3.11. The van der Waals surface area contributed by atoms with Crippen molar-refractivity contribution in [1.82, 2.24) is 4.57 Å². The van der Waals surface area contributed by atoms with Crippen molar-refractivity contribution in [3.8, 4) is 12.3 Å². The van der Waals surface area contributed by atoms with Crippen LogP contribution in [0.2, 0.25) is 0 Å². The number of rotatable bonds is 5. The van der Waals surface area contributed by atoms with Gasteiger partial charge in [-0.3, -0.25) is 4.55 Å². The van der Waals surface area contributed by atoms with Gasteiger partial charge in [-0.05, 0) is 12.1 Å². The zero-order chi connectivity index (χ0) is 18.1. The van der Waals surface area contributed by atoms with Crippen molar-refractivity contribution >= 4 is 21.2 Å². The first-order valence-electron chi connectivity index (χ1n) is 7.03. The number of alkyl halides is 3. The Morgan fingerprint density at radius 3 is 2.58 bits per heavy atom. The lowest BCUT2D eigenvalue weighted by atomic mass is 10.2. The Kier molecular flexibility index (Phi) is 4.92. The summed E-state index contributed by atoms with van der Waals surface area (Å²) in [5.41, 5.74) is 0.0506. The summed E-state index contributed by atoms with van der Waals surface area (Å²) < 4.78 is 72.6. The molecule has 5 nitrogen and oxygen atoms in total. The number of nitrogens with zero attached hydrogens (tertiary/aromatic N) is 2. The fraction of sp³-hybridized carbons (Fsp3) is 0.400. The second-order valence-corrected chi connectivity index (χ2v) is 6.90. The van der Waals surface area contributed by atoms with Gasteiger partial charge >= 0.3 is 6.18 Å². The molecule has 0 saturated heterocycles. The van der Waals surface area contributed by atoms with E-state index in [4.69, 9.17) is 11.0 Å². The third-order valence-corrected chi connectivity index (χ3v) is 4.50. The van der Waals surface area contributed by atoms with Gasteiger partial charge < -0.3 is 0 Å². The molecule has 9 heteroatoms. The van der Waals surface area contributed by atoms with Gasteiger partial charge in [0.1, 0.15) is 0 Å². The van der Waals surface area contributed by atoms with E-state index in [0.29, 0.717) is 16.9 Å². The lowest BCUT2D eigenvalue weighted by Crippen LogP contribution is -2.35. The number of benzene rings is 1. The number of hydrogen-bond donors (Lipinski definition) is 1. The van der Waals surface area contributed by atoms with Gasteiger partial charge in [0.25, 0.3) is 15.9 Å². The predicted octanol–water partition coefficient (Wildman–Crippen LogP) is 2.17. The molecule has 130 valence electrons. The number of aryl methyl sites for hydroxylation is 1. The van der Waals surface area contributed by atoms with Crippen molar-refractivity contribution < 1.29 is 30.7 Å². The molecule has 0 aliphatic rings. The Labute approximate surface area is 137 Å². The Hall–Kier alpha value is -2.05. The van der Waals surface area contributed by atoms with Crippen LogP contribution in [0.4, 0.5) is 13.2 Å². The molecule has 1 N–H and O–H groups in total. The van der Waals surface area contributed by atoms with Crippen molar-refractivity contribution in [2.75, 3.05) is 5.75 Å². The van der Waals surface area contributed by atoms with Gasteiger partial charge in [-0.15, -0.1) is 6.42 Å². The smallest absolute Gasteiger partial charge is 0.286 e. The molecule has 1 aromatic carbocycles. The van der Waals surface area contributed by atoms with E-state index in [-0.39, 0.29) is 19.5 Å². The molecule has 0 amide bonds. The van der Waals surface area contributed by atoms with Crippen LogP contribution in [0.3, 0.4) is 0 Å². The highest BCUT2D eigenvalue weighted by Crippen LogP contribution is 2.31. The average Bonchev–Trinajstić information content (AvgIpc) is 2.70. The number of halogens is 3. The maximum Gasteiger partial charge on any atom is 0.416 e. The third kappa shape index (κ3) is 3.88. The van der Waals surface area contributed by atoms with E-state index < -0.39 is 27.6 Å². The number of imidazole rings is 1. The van der Waals surface area contributed by atoms with Crippen LogP contribution in [0.25, 0.3) is 11.0 Å². The topological polar surface area (TPSA) is 63.2 Å². The first kappa shape index (κ1) is 18.3. The minimum atomic E-state index is -4.48. The van der Waals surface area contributed by atoms with Gasteiger partial charge in [0, 0.05) is 19.4 Å². The molecule has 0 radical (unpaired) electrons. The zero-order valence-corrected chi connectivity index (χ0v) is 13.7. The molecule has 24 heavy (non-hydrogen) atoms. The molecule has 0 spiro atoms. The Morgan fingerprint density at radius 1 is 1.38 bits per heavy atom. The minimum absolute atomic E-state index is 0.0652. The SMILES string of the molecule is C#CC[n+]1c(C)n(CCCS(=O)(=O)O)c2cc(C(F)(F)F)ccc21. The van der Waals surface area contributed by atoms with Gasteiger partial charge in [-0.25, -0.2) is 9.13 Å². The molecular formula is C15H16F3N2O3S+. The lowest BCUT2D eigenvalue weighted by molar-refractivity contribution is -0.666. The van der Waals surface area contributed by atoms with Crippen LogP contribution in [0, 0.1) is 19.3 Å². The summed E-state index contributed by atoms with van der Waals surface area (Å²) in [7, 11) is -4.13. The highest BCUT2D eigenvalue weighted by molar-refractivity contribution is 7.85. The molecule has 0 saturated carbocycles. The van der Waals surface area contributed by atoms with Gasteiger partial charge in [0.15, 0.2) is 17.6 Å². The normalized spacial score (nSPS) is 12.5. The van der Waals surface area contributed by atoms with Crippen molar-refractivity contribution in [3.63, 3.8) is 0 Å². The second kappa shape index (κ2) is 6.45. The van der Waals surface area contributed by atoms with E-state index in [1.54, 1.807) is 16.1 Å². The van der Waals surface area contributed by atoms with Crippen LogP contribution in [0.5, 0.6) is 0 Å². The highest BCUT2D eigenvalue weighted by atomic mass is 32.2. The summed E-state index contributed by atoms with van der Waals surface area (Å²) >= 11 is 0. The van der Waals surface area contributed by atoms with Crippen LogP contribution in [0.1, 0.15) is 17.8 Å². The first-order chi connectivity index (χ1) is 11.0. The molecule has 0 atom stereocenters. The molecule has 0 unspecified atom stereocenters. The Bertz CT molecular complexity index is 909. The molecule has 0 aliphatic heterocycles. The molecular weight excluding hydrogens is 345 g/mol. The van der Waals surface area contributed by atoms with Crippen molar-refractivity contribution in [3.05, 3.63) is 29.6 Å².